The van der Waals surface area contributed by atoms with Crippen LogP contribution in [0.25, 0.3) is 0 Å². The molecule has 7 heteroatoms. The van der Waals surface area contributed by atoms with Gasteiger partial charge in [0.2, 0.25) is 0 Å². The predicted molar refractivity (Wildman–Crippen MR) is 73.9 cm³/mol. The van der Waals surface area contributed by atoms with Gasteiger partial charge in [0, 0.05) is 25.2 Å². The monoisotopic (exact) mass is 292 g/mol. The van der Waals surface area contributed by atoms with Gasteiger partial charge in [-0.25, -0.2) is 13.2 Å². The summed E-state index contributed by atoms with van der Waals surface area (Å²) < 4.78 is 28.1. The molecular weight excluding hydrogens is 268 g/mol. The molecule has 19 heavy (non-hydrogen) atoms. The third-order valence-corrected chi connectivity index (χ3v) is 4.68. The summed E-state index contributed by atoms with van der Waals surface area (Å²) in [6, 6.07) is -0.478. The van der Waals surface area contributed by atoms with E-state index in [1.807, 2.05) is 20.8 Å². The number of amides is 2. The summed E-state index contributed by atoms with van der Waals surface area (Å²) in [6.45, 7) is 6.48. The molecule has 1 aliphatic rings. The third-order valence-electron chi connectivity index (χ3n) is 2.93. The summed E-state index contributed by atoms with van der Waals surface area (Å²) in [5.74, 6) is 0.207. The minimum atomic E-state index is -3.01. The molecule has 1 atom stereocenters. The summed E-state index contributed by atoms with van der Waals surface area (Å²) in [5, 5.41) is 2.87. The maximum atomic E-state index is 12.2. The average molecular weight is 292 g/mol. The third kappa shape index (κ3) is 5.36. The molecule has 0 radical (unpaired) electrons. The molecule has 1 N–H and O–H groups in total. The fraction of sp³-hybridized carbons (Fsp3) is 0.917. The Morgan fingerprint density at radius 1 is 1.42 bits per heavy atom. The maximum Gasteiger partial charge on any atom is 0.318 e. The Morgan fingerprint density at radius 3 is 2.47 bits per heavy atom. The van der Waals surface area contributed by atoms with E-state index in [-0.39, 0.29) is 29.1 Å². The Kier molecular flexibility index (Phi) is 5.20. The molecule has 0 aromatic heterocycles. The number of hydrogen-bond donors (Lipinski definition) is 1. The van der Waals surface area contributed by atoms with Crippen LogP contribution >= 0.6 is 0 Å². The maximum absolute atomic E-state index is 12.2. The van der Waals surface area contributed by atoms with Gasteiger partial charge in [-0.05, 0) is 27.2 Å². The molecule has 2 amide bonds. The lowest BCUT2D eigenvalue weighted by atomic mass is 10.1. The molecule has 1 fully saturated rings. The highest BCUT2D eigenvalue weighted by Gasteiger charge is 2.35. The van der Waals surface area contributed by atoms with Crippen LogP contribution in [-0.2, 0) is 14.6 Å². The Balaban J connectivity index is 2.74. The van der Waals surface area contributed by atoms with E-state index in [4.69, 9.17) is 4.74 Å². The van der Waals surface area contributed by atoms with Crippen LogP contribution in [0.15, 0.2) is 0 Å². The largest absolute Gasteiger partial charge is 0.383 e. The highest BCUT2D eigenvalue weighted by atomic mass is 32.2. The number of nitrogens with zero attached hydrogens (tertiary/aromatic N) is 1. The average Bonchev–Trinajstić information content (AvgIpc) is 2.57. The van der Waals surface area contributed by atoms with Gasteiger partial charge in [-0.3, -0.25) is 0 Å². The first kappa shape index (κ1) is 16.2. The number of sulfone groups is 1. The molecule has 112 valence electrons. The molecule has 1 unspecified atom stereocenters. The summed E-state index contributed by atoms with van der Waals surface area (Å²) in [6.07, 6.45) is 0.504. The highest BCUT2D eigenvalue weighted by molar-refractivity contribution is 7.91. The zero-order chi connectivity index (χ0) is 14.7. The second-order valence-electron chi connectivity index (χ2n) is 5.92. The zero-order valence-corrected chi connectivity index (χ0v) is 12.9. The molecule has 1 heterocycles. The Morgan fingerprint density at radius 2 is 2.05 bits per heavy atom. The van der Waals surface area contributed by atoms with Crippen LogP contribution in [0.2, 0.25) is 0 Å². The van der Waals surface area contributed by atoms with Gasteiger partial charge in [-0.2, -0.15) is 0 Å². The van der Waals surface area contributed by atoms with E-state index in [0.717, 1.165) is 0 Å². The van der Waals surface area contributed by atoms with Crippen molar-refractivity contribution in [3.63, 3.8) is 0 Å². The molecule has 0 bridgehead atoms. The first-order valence-electron chi connectivity index (χ1n) is 6.43. The van der Waals surface area contributed by atoms with Crippen molar-refractivity contribution in [1.82, 2.24) is 10.2 Å². The van der Waals surface area contributed by atoms with Crippen molar-refractivity contribution < 1.29 is 17.9 Å². The van der Waals surface area contributed by atoms with Crippen molar-refractivity contribution >= 4 is 15.9 Å². The van der Waals surface area contributed by atoms with Gasteiger partial charge in [0.05, 0.1) is 18.1 Å². The molecule has 0 aromatic carbocycles. The van der Waals surface area contributed by atoms with Crippen LogP contribution in [-0.4, -0.2) is 62.7 Å². The summed E-state index contributed by atoms with van der Waals surface area (Å²) in [5.41, 5.74) is -0.347. The van der Waals surface area contributed by atoms with Gasteiger partial charge in [-0.1, -0.05) is 0 Å². The molecule has 0 saturated carbocycles. The van der Waals surface area contributed by atoms with Crippen LogP contribution in [0, 0.1) is 0 Å². The van der Waals surface area contributed by atoms with Crippen LogP contribution in [0.1, 0.15) is 27.2 Å². The predicted octanol–water partition coefficient (Wildman–Crippen LogP) is 0.630. The van der Waals surface area contributed by atoms with Gasteiger partial charge < -0.3 is 15.0 Å². The van der Waals surface area contributed by atoms with Crippen LogP contribution in [0.5, 0.6) is 0 Å². The lowest BCUT2D eigenvalue weighted by Crippen LogP contribution is -2.53. The van der Waals surface area contributed by atoms with Gasteiger partial charge in [0.15, 0.2) is 9.84 Å². The molecule has 1 aliphatic heterocycles. The van der Waals surface area contributed by atoms with E-state index >= 15 is 0 Å². The van der Waals surface area contributed by atoms with Crippen LogP contribution in [0.4, 0.5) is 4.79 Å². The molecular formula is C12H24N2O4S. The second kappa shape index (κ2) is 6.09. The van der Waals surface area contributed by atoms with E-state index < -0.39 is 9.84 Å². The Labute approximate surface area is 115 Å². The number of carbonyl (C=O) groups is 1. The molecule has 0 spiro atoms. The molecule has 0 aromatic rings. The highest BCUT2D eigenvalue weighted by Crippen LogP contribution is 2.18. The summed E-state index contributed by atoms with van der Waals surface area (Å²) in [7, 11) is -1.44. The number of hydrogen-bond acceptors (Lipinski definition) is 4. The van der Waals surface area contributed by atoms with Gasteiger partial charge in [-0.15, -0.1) is 0 Å². The number of urea groups is 1. The summed E-state index contributed by atoms with van der Waals surface area (Å²) in [4.78, 5) is 13.8. The molecule has 1 rings (SSSR count). The second-order valence-corrected chi connectivity index (χ2v) is 8.15. The van der Waals surface area contributed by atoms with Crippen molar-refractivity contribution in [1.29, 1.82) is 0 Å². The summed E-state index contributed by atoms with van der Waals surface area (Å²) >= 11 is 0. The Hall–Kier alpha value is -0.820. The van der Waals surface area contributed by atoms with Crippen molar-refractivity contribution in [3.8, 4) is 0 Å². The Bertz CT molecular complexity index is 414. The van der Waals surface area contributed by atoms with Gasteiger partial charge in [0.1, 0.15) is 0 Å². The first-order valence-corrected chi connectivity index (χ1v) is 8.25. The topological polar surface area (TPSA) is 75.7 Å². The number of ether oxygens (including phenoxy) is 1. The van der Waals surface area contributed by atoms with E-state index in [1.165, 1.54) is 0 Å². The van der Waals surface area contributed by atoms with E-state index in [1.54, 1.807) is 12.0 Å². The first-order chi connectivity index (χ1) is 8.64. The number of nitrogens with one attached hydrogen (secondary N) is 1. The molecule has 6 nitrogen and oxygen atoms in total. The van der Waals surface area contributed by atoms with E-state index in [0.29, 0.717) is 19.6 Å². The van der Waals surface area contributed by atoms with Crippen molar-refractivity contribution in [2.45, 2.75) is 38.8 Å². The van der Waals surface area contributed by atoms with Crippen molar-refractivity contribution in [3.05, 3.63) is 0 Å². The van der Waals surface area contributed by atoms with E-state index in [2.05, 4.69) is 5.32 Å². The lowest BCUT2D eigenvalue weighted by Gasteiger charge is -2.32. The normalized spacial score (nSPS) is 22.2. The molecule has 1 saturated heterocycles. The fourth-order valence-electron chi connectivity index (χ4n) is 2.05. The minimum absolute atomic E-state index is 0.0499. The number of rotatable bonds is 4. The minimum Gasteiger partial charge on any atom is -0.383 e. The van der Waals surface area contributed by atoms with Crippen molar-refractivity contribution in [2.24, 2.45) is 0 Å². The lowest BCUT2D eigenvalue weighted by molar-refractivity contribution is 0.130. The zero-order valence-electron chi connectivity index (χ0n) is 12.1. The van der Waals surface area contributed by atoms with Gasteiger partial charge in [0.25, 0.3) is 0 Å². The quantitative estimate of drug-likeness (QED) is 0.824. The molecule has 0 aliphatic carbocycles. The SMILES string of the molecule is COCCN(C(=O)NC(C)(C)C)C1CCS(=O)(=O)C1. The number of carbonyl (C=O) groups excluding carboxylic acids is 1. The standard InChI is InChI=1S/C12H24N2O4S/c1-12(2,3)13-11(15)14(6-7-18-4)10-5-8-19(16,17)9-10/h10H,5-9H2,1-4H3,(H,13,15). The van der Waals surface area contributed by atoms with E-state index in [9.17, 15) is 13.2 Å². The van der Waals surface area contributed by atoms with Crippen molar-refractivity contribution in [2.75, 3.05) is 31.8 Å². The fourth-order valence-corrected chi connectivity index (χ4v) is 3.78. The number of methoxy groups -OCH3 is 1. The smallest absolute Gasteiger partial charge is 0.318 e. The van der Waals surface area contributed by atoms with Gasteiger partial charge >= 0.3 is 6.03 Å². The van der Waals surface area contributed by atoms with Crippen LogP contribution in [0.3, 0.4) is 0 Å². The van der Waals surface area contributed by atoms with Crippen LogP contribution < -0.4 is 5.32 Å².